The van der Waals surface area contributed by atoms with E-state index in [2.05, 4.69) is 20.4 Å². The molecule has 0 atom stereocenters. The van der Waals surface area contributed by atoms with Gasteiger partial charge in [0.25, 0.3) is 0 Å². The number of nitrogens with zero attached hydrogens (tertiary/aromatic N) is 4. The van der Waals surface area contributed by atoms with Gasteiger partial charge in [0.05, 0.1) is 46.9 Å². The number of methoxy groups -OCH3 is 1. The Morgan fingerprint density at radius 1 is 1.08 bits per heavy atom. The lowest BCUT2D eigenvalue weighted by molar-refractivity contribution is -0.115. The second kappa shape index (κ2) is 9.66. The monoisotopic (exact) mass is 491 g/mol. The number of carbonyl (C=O) groups excluding carboxylic acids is 1. The van der Waals surface area contributed by atoms with E-state index in [9.17, 15) is 9.18 Å². The molecular weight excluding hydrogens is 461 g/mol. The molecule has 0 bridgehead atoms. The quantitative estimate of drug-likeness (QED) is 0.363. The predicted molar refractivity (Wildman–Crippen MR) is 136 cm³/mol. The predicted octanol–water partition coefficient (Wildman–Crippen LogP) is 5.58. The molecule has 4 aromatic rings. The fraction of sp³-hybridized carbons (Fsp3) is 0.333. The lowest BCUT2D eigenvalue weighted by Gasteiger charge is -2.24. The van der Waals surface area contributed by atoms with Gasteiger partial charge in [-0.05, 0) is 58.4 Å². The van der Waals surface area contributed by atoms with Crippen molar-refractivity contribution >= 4 is 22.5 Å². The van der Waals surface area contributed by atoms with Crippen LogP contribution in [-0.2, 0) is 27.1 Å². The molecule has 3 aromatic heterocycles. The average Bonchev–Trinajstić information content (AvgIpc) is 3.30. The van der Waals surface area contributed by atoms with Gasteiger partial charge in [-0.3, -0.25) is 19.4 Å². The third-order valence-electron chi connectivity index (χ3n) is 5.91. The summed E-state index contributed by atoms with van der Waals surface area (Å²) in [7, 11) is 1.65. The minimum Gasteiger partial charge on any atom is -0.455 e. The zero-order chi connectivity index (χ0) is 26.1. The number of ether oxygens (including phenoxy) is 2. The highest BCUT2D eigenvalue weighted by molar-refractivity contribution is 5.91. The van der Waals surface area contributed by atoms with Crippen LogP contribution in [0, 0.1) is 5.82 Å². The number of aromatic nitrogens is 4. The van der Waals surface area contributed by atoms with Crippen molar-refractivity contribution in [1.29, 1.82) is 0 Å². The zero-order valence-corrected chi connectivity index (χ0v) is 21.3. The van der Waals surface area contributed by atoms with Gasteiger partial charge in [-0.2, -0.15) is 5.10 Å². The Balaban J connectivity index is 1.50. The van der Waals surface area contributed by atoms with Crippen molar-refractivity contribution in [3.8, 4) is 11.5 Å². The number of benzene rings is 1. The molecule has 0 spiro atoms. The molecule has 4 rings (SSSR count). The summed E-state index contributed by atoms with van der Waals surface area (Å²) in [6.45, 7) is 9.94. The highest BCUT2D eigenvalue weighted by Crippen LogP contribution is 2.33. The first-order valence-corrected chi connectivity index (χ1v) is 11.6. The third kappa shape index (κ3) is 5.52. The van der Waals surface area contributed by atoms with Crippen LogP contribution >= 0.6 is 0 Å². The van der Waals surface area contributed by atoms with Crippen LogP contribution in [0.1, 0.15) is 45.9 Å². The lowest BCUT2D eigenvalue weighted by Crippen LogP contribution is -2.22. The number of anilines is 1. The van der Waals surface area contributed by atoms with Gasteiger partial charge in [0.2, 0.25) is 5.91 Å². The van der Waals surface area contributed by atoms with E-state index in [0.29, 0.717) is 11.4 Å². The van der Waals surface area contributed by atoms with E-state index >= 15 is 0 Å². The second-order valence-corrected chi connectivity index (χ2v) is 10.0. The van der Waals surface area contributed by atoms with Gasteiger partial charge >= 0.3 is 0 Å². The third-order valence-corrected chi connectivity index (χ3v) is 5.91. The Kier molecular flexibility index (Phi) is 6.77. The standard InChI is InChI=1S/C27H30FN5O3/c1-26(2,3)33-16-18(14-31-33)32-25(34)13-23-21(28)12-19(15-30-23)36-24-9-10-29-22-8-7-17(11-20(22)24)27(4,5)35-6/h7-12,14-16H,13H2,1-6H3,(H,32,34). The van der Waals surface area contributed by atoms with E-state index in [1.54, 1.807) is 36.4 Å². The molecule has 1 aromatic carbocycles. The van der Waals surface area contributed by atoms with Crippen molar-refractivity contribution < 1.29 is 18.7 Å². The topological polar surface area (TPSA) is 91.2 Å². The molecule has 36 heavy (non-hydrogen) atoms. The molecule has 9 heteroatoms. The summed E-state index contributed by atoms with van der Waals surface area (Å²) in [6, 6.07) is 8.73. The molecule has 0 fully saturated rings. The zero-order valence-electron chi connectivity index (χ0n) is 21.3. The van der Waals surface area contributed by atoms with E-state index < -0.39 is 17.3 Å². The number of carbonyl (C=O) groups is 1. The van der Waals surface area contributed by atoms with Gasteiger partial charge in [-0.15, -0.1) is 0 Å². The average molecular weight is 492 g/mol. The first kappa shape index (κ1) is 25.2. The van der Waals surface area contributed by atoms with Gasteiger partial charge < -0.3 is 14.8 Å². The maximum absolute atomic E-state index is 14.8. The van der Waals surface area contributed by atoms with Gasteiger partial charge in [0.1, 0.15) is 17.3 Å². The highest BCUT2D eigenvalue weighted by Gasteiger charge is 2.21. The van der Waals surface area contributed by atoms with Crippen LogP contribution in [-0.4, -0.2) is 32.8 Å². The van der Waals surface area contributed by atoms with E-state index in [1.165, 1.54) is 12.3 Å². The van der Waals surface area contributed by atoms with Crippen LogP contribution in [0.25, 0.3) is 10.9 Å². The fourth-order valence-corrected chi connectivity index (χ4v) is 3.58. The van der Waals surface area contributed by atoms with Gasteiger partial charge in [-0.1, -0.05) is 6.07 Å². The largest absolute Gasteiger partial charge is 0.455 e. The molecular formula is C27H30FN5O3. The van der Waals surface area contributed by atoms with Crippen molar-refractivity contribution in [3.05, 3.63) is 72.2 Å². The van der Waals surface area contributed by atoms with Crippen LogP contribution in [0.15, 0.2) is 55.1 Å². The summed E-state index contributed by atoms with van der Waals surface area (Å²) in [5, 5.41) is 7.74. The molecule has 0 aliphatic carbocycles. The molecule has 188 valence electrons. The SMILES string of the molecule is COC(C)(C)c1ccc2nccc(Oc3cnc(CC(=O)Nc4cnn(C(C)(C)C)c4)c(F)c3)c2c1. The maximum Gasteiger partial charge on any atom is 0.230 e. The molecule has 0 saturated carbocycles. The summed E-state index contributed by atoms with van der Waals surface area (Å²) in [6.07, 6.45) is 6.10. The van der Waals surface area contributed by atoms with E-state index in [4.69, 9.17) is 9.47 Å². The van der Waals surface area contributed by atoms with Crippen LogP contribution < -0.4 is 10.1 Å². The summed E-state index contributed by atoms with van der Waals surface area (Å²) in [4.78, 5) is 21.0. The Morgan fingerprint density at radius 2 is 1.86 bits per heavy atom. The first-order valence-electron chi connectivity index (χ1n) is 11.6. The number of fused-ring (bicyclic) bond motifs is 1. The van der Waals surface area contributed by atoms with Crippen molar-refractivity contribution in [3.63, 3.8) is 0 Å². The molecule has 1 amide bonds. The maximum atomic E-state index is 14.8. The Bertz CT molecular complexity index is 1410. The van der Waals surface area contributed by atoms with Crippen LogP contribution in [0.5, 0.6) is 11.5 Å². The smallest absolute Gasteiger partial charge is 0.230 e. The number of nitrogens with one attached hydrogen (secondary N) is 1. The van der Waals surface area contributed by atoms with Crippen molar-refractivity contribution in [1.82, 2.24) is 19.7 Å². The van der Waals surface area contributed by atoms with Crippen molar-refractivity contribution in [2.24, 2.45) is 0 Å². The summed E-state index contributed by atoms with van der Waals surface area (Å²) in [5.74, 6) is -0.298. The normalized spacial score (nSPS) is 12.1. The summed E-state index contributed by atoms with van der Waals surface area (Å²) < 4.78 is 28.1. The molecule has 0 aliphatic heterocycles. The molecule has 1 N–H and O–H groups in total. The van der Waals surface area contributed by atoms with E-state index in [0.717, 1.165) is 16.5 Å². The number of halogens is 1. The Hall–Kier alpha value is -3.85. The van der Waals surface area contributed by atoms with Crippen LogP contribution in [0.2, 0.25) is 0 Å². The molecule has 0 radical (unpaired) electrons. The van der Waals surface area contributed by atoms with Crippen LogP contribution in [0.3, 0.4) is 0 Å². The van der Waals surface area contributed by atoms with Crippen molar-refractivity contribution in [2.45, 2.75) is 52.2 Å². The number of amides is 1. The summed E-state index contributed by atoms with van der Waals surface area (Å²) >= 11 is 0. The number of hydrogen-bond acceptors (Lipinski definition) is 6. The molecule has 8 nitrogen and oxygen atoms in total. The summed E-state index contributed by atoms with van der Waals surface area (Å²) in [5.41, 5.74) is 1.54. The Labute approximate surface area is 209 Å². The molecule has 3 heterocycles. The Morgan fingerprint density at radius 3 is 2.53 bits per heavy atom. The van der Waals surface area contributed by atoms with Crippen LogP contribution in [0.4, 0.5) is 10.1 Å². The number of hydrogen-bond donors (Lipinski definition) is 1. The van der Waals surface area contributed by atoms with Gasteiger partial charge in [0.15, 0.2) is 0 Å². The van der Waals surface area contributed by atoms with E-state index in [-0.39, 0.29) is 23.4 Å². The van der Waals surface area contributed by atoms with Gasteiger partial charge in [-0.25, -0.2) is 4.39 Å². The molecule has 0 unspecified atom stereocenters. The minimum absolute atomic E-state index is 0.0202. The van der Waals surface area contributed by atoms with E-state index in [1.807, 2.05) is 52.8 Å². The highest BCUT2D eigenvalue weighted by atomic mass is 19.1. The minimum atomic E-state index is -0.632. The fourth-order valence-electron chi connectivity index (χ4n) is 3.58. The number of rotatable bonds is 7. The first-order chi connectivity index (χ1) is 17.0. The van der Waals surface area contributed by atoms with Gasteiger partial charge in [0, 0.05) is 31.0 Å². The second-order valence-electron chi connectivity index (χ2n) is 10.0. The van der Waals surface area contributed by atoms with Crippen molar-refractivity contribution in [2.75, 3.05) is 12.4 Å². The molecule has 0 aliphatic rings. The number of pyridine rings is 2. The lowest BCUT2D eigenvalue weighted by atomic mass is 9.96. The molecule has 0 saturated heterocycles.